The Hall–Kier alpha value is -1.10. The maximum atomic E-state index is 12.6. The molecule has 1 fully saturated rings. The van der Waals surface area contributed by atoms with Gasteiger partial charge in [0.1, 0.15) is 5.82 Å². The Bertz CT molecular complexity index is 464. The number of carbonyl (C=O) groups is 1. The number of pyridine rings is 1. The molecule has 1 saturated heterocycles. The Morgan fingerprint density at radius 2 is 2.26 bits per heavy atom. The smallest absolute Gasteiger partial charge is 0.257 e. The van der Waals surface area contributed by atoms with Crippen LogP contribution in [0.1, 0.15) is 36.5 Å². The van der Waals surface area contributed by atoms with Crippen LogP contribution in [-0.4, -0.2) is 35.9 Å². The van der Waals surface area contributed by atoms with E-state index in [4.69, 9.17) is 0 Å². The van der Waals surface area contributed by atoms with E-state index in [1.807, 2.05) is 11.0 Å². The van der Waals surface area contributed by atoms with Crippen LogP contribution in [0.2, 0.25) is 0 Å². The highest BCUT2D eigenvalue weighted by atomic mass is 79.9. The Balaban J connectivity index is 2.21. The fourth-order valence-electron chi connectivity index (χ4n) is 2.44. The largest absolute Gasteiger partial charge is 0.372 e. The molecule has 19 heavy (non-hydrogen) atoms. The van der Waals surface area contributed by atoms with Gasteiger partial charge < -0.3 is 10.2 Å². The number of amides is 1. The maximum Gasteiger partial charge on any atom is 0.257 e. The molecule has 0 saturated carbocycles. The highest BCUT2D eigenvalue weighted by Gasteiger charge is 2.22. The Morgan fingerprint density at radius 1 is 1.47 bits per heavy atom. The van der Waals surface area contributed by atoms with Crippen molar-refractivity contribution in [3.05, 3.63) is 22.3 Å². The molecule has 0 aliphatic carbocycles. The summed E-state index contributed by atoms with van der Waals surface area (Å²) in [6.07, 6.45) is 5.08. The number of aromatic nitrogens is 1. The van der Waals surface area contributed by atoms with Crippen LogP contribution >= 0.6 is 15.9 Å². The molecule has 5 heteroatoms. The van der Waals surface area contributed by atoms with E-state index in [1.54, 1.807) is 13.2 Å². The molecular weight excluding hydrogens is 306 g/mol. The third kappa shape index (κ3) is 3.47. The van der Waals surface area contributed by atoms with E-state index in [-0.39, 0.29) is 5.91 Å². The van der Waals surface area contributed by atoms with E-state index in [1.165, 1.54) is 6.42 Å². The molecule has 0 spiro atoms. The molecule has 0 radical (unpaired) electrons. The van der Waals surface area contributed by atoms with E-state index in [9.17, 15) is 4.79 Å². The summed E-state index contributed by atoms with van der Waals surface area (Å²) in [6, 6.07) is 1.84. The molecule has 1 unspecified atom stereocenters. The van der Waals surface area contributed by atoms with Crippen LogP contribution in [0.3, 0.4) is 0 Å². The van der Waals surface area contributed by atoms with Crippen molar-refractivity contribution < 1.29 is 4.79 Å². The van der Waals surface area contributed by atoms with Gasteiger partial charge in [-0.25, -0.2) is 4.98 Å². The standard InChI is InChI=1S/C14H20BrN3O/c1-10-4-3-6-18(7-5-10)14(19)12-8-11(15)9-17-13(12)16-2/h8-10H,3-7H2,1-2H3,(H,16,17). The highest BCUT2D eigenvalue weighted by Crippen LogP contribution is 2.22. The Kier molecular flexibility index (Phi) is 4.80. The monoisotopic (exact) mass is 325 g/mol. The second kappa shape index (κ2) is 6.37. The van der Waals surface area contributed by atoms with Gasteiger partial charge in [-0.15, -0.1) is 0 Å². The molecule has 1 aliphatic heterocycles. The number of rotatable bonds is 2. The van der Waals surface area contributed by atoms with E-state index in [2.05, 4.69) is 33.2 Å². The first-order chi connectivity index (χ1) is 9.11. The number of likely N-dealkylation sites (tertiary alicyclic amines) is 1. The zero-order chi connectivity index (χ0) is 13.8. The van der Waals surface area contributed by atoms with Crippen molar-refractivity contribution in [3.8, 4) is 0 Å². The minimum absolute atomic E-state index is 0.0762. The van der Waals surface area contributed by atoms with Gasteiger partial charge in [-0.2, -0.15) is 0 Å². The Morgan fingerprint density at radius 3 is 3.00 bits per heavy atom. The van der Waals surface area contributed by atoms with Gasteiger partial charge >= 0.3 is 0 Å². The predicted molar refractivity (Wildman–Crippen MR) is 80.4 cm³/mol. The van der Waals surface area contributed by atoms with Crippen LogP contribution in [0, 0.1) is 5.92 Å². The minimum atomic E-state index is 0.0762. The minimum Gasteiger partial charge on any atom is -0.372 e. The summed E-state index contributed by atoms with van der Waals surface area (Å²) in [6.45, 7) is 3.95. The van der Waals surface area contributed by atoms with Crippen LogP contribution in [0.15, 0.2) is 16.7 Å². The van der Waals surface area contributed by atoms with Crippen molar-refractivity contribution in [2.24, 2.45) is 5.92 Å². The van der Waals surface area contributed by atoms with Crippen LogP contribution in [-0.2, 0) is 0 Å². The van der Waals surface area contributed by atoms with Gasteiger partial charge in [0.15, 0.2) is 0 Å². The summed E-state index contributed by atoms with van der Waals surface area (Å²) < 4.78 is 0.832. The number of nitrogens with one attached hydrogen (secondary N) is 1. The molecule has 1 aliphatic rings. The summed E-state index contributed by atoms with van der Waals surface area (Å²) in [7, 11) is 1.79. The lowest BCUT2D eigenvalue weighted by atomic mass is 10.0. The van der Waals surface area contributed by atoms with Gasteiger partial charge in [-0.05, 0) is 47.2 Å². The fraction of sp³-hybridized carbons (Fsp3) is 0.571. The number of carbonyl (C=O) groups excluding carboxylic acids is 1. The van der Waals surface area contributed by atoms with Crippen molar-refractivity contribution in [1.29, 1.82) is 0 Å². The van der Waals surface area contributed by atoms with Gasteiger partial charge in [0.05, 0.1) is 5.56 Å². The zero-order valence-electron chi connectivity index (χ0n) is 11.4. The van der Waals surface area contributed by atoms with Crippen molar-refractivity contribution in [1.82, 2.24) is 9.88 Å². The molecule has 1 N–H and O–H groups in total. The normalized spacial score (nSPS) is 19.9. The lowest BCUT2D eigenvalue weighted by Crippen LogP contribution is -2.32. The molecule has 2 rings (SSSR count). The van der Waals surface area contributed by atoms with E-state index in [0.717, 1.165) is 30.4 Å². The van der Waals surface area contributed by atoms with E-state index in [0.29, 0.717) is 17.3 Å². The molecule has 0 aromatic carbocycles. The molecule has 0 bridgehead atoms. The summed E-state index contributed by atoms with van der Waals surface area (Å²) in [5, 5.41) is 2.99. The maximum absolute atomic E-state index is 12.6. The highest BCUT2D eigenvalue weighted by molar-refractivity contribution is 9.10. The van der Waals surface area contributed by atoms with Crippen molar-refractivity contribution in [2.45, 2.75) is 26.2 Å². The van der Waals surface area contributed by atoms with E-state index >= 15 is 0 Å². The lowest BCUT2D eigenvalue weighted by molar-refractivity contribution is 0.0761. The molecule has 1 amide bonds. The van der Waals surface area contributed by atoms with E-state index < -0.39 is 0 Å². The van der Waals surface area contributed by atoms with Crippen LogP contribution in [0.25, 0.3) is 0 Å². The van der Waals surface area contributed by atoms with Gasteiger partial charge in [0.2, 0.25) is 0 Å². The first-order valence-electron chi connectivity index (χ1n) is 6.74. The zero-order valence-corrected chi connectivity index (χ0v) is 13.0. The number of hydrogen-bond acceptors (Lipinski definition) is 3. The molecule has 1 atom stereocenters. The van der Waals surface area contributed by atoms with Gasteiger partial charge in [-0.1, -0.05) is 6.92 Å². The molecule has 1 aromatic rings. The summed E-state index contributed by atoms with van der Waals surface area (Å²) in [4.78, 5) is 18.8. The number of nitrogens with zero attached hydrogens (tertiary/aromatic N) is 2. The fourth-order valence-corrected chi connectivity index (χ4v) is 2.77. The summed E-state index contributed by atoms with van der Waals surface area (Å²) in [5.74, 6) is 1.43. The summed E-state index contributed by atoms with van der Waals surface area (Å²) in [5.41, 5.74) is 0.645. The average molecular weight is 326 g/mol. The lowest BCUT2D eigenvalue weighted by Gasteiger charge is -2.21. The second-order valence-corrected chi connectivity index (χ2v) is 6.04. The van der Waals surface area contributed by atoms with Crippen molar-refractivity contribution in [2.75, 3.05) is 25.5 Å². The van der Waals surface area contributed by atoms with Crippen LogP contribution in [0.5, 0.6) is 0 Å². The third-order valence-electron chi connectivity index (χ3n) is 3.63. The van der Waals surface area contributed by atoms with Crippen molar-refractivity contribution in [3.63, 3.8) is 0 Å². The Labute approximate surface area is 122 Å². The second-order valence-electron chi connectivity index (χ2n) is 5.13. The van der Waals surface area contributed by atoms with Gasteiger partial charge in [0.25, 0.3) is 5.91 Å². The number of hydrogen-bond donors (Lipinski definition) is 1. The third-order valence-corrected chi connectivity index (χ3v) is 4.06. The molecule has 104 valence electrons. The predicted octanol–water partition coefficient (Wildman–Crippen LogP) is 3.15. The number of anilines is 1. The van der Waals surface area contributed by atoms with Gasteiger partial charge in [-0.3, -0.25) is 4.79 Å². The molecule has 1 aromatic heterocycles. The number of halogens is 1. The van der Waals surface area contributed by atoms with Crippen LogP contribution < -0.4 is 5.32 Å². The topological polar surface area (TPSA) is 45.2 Å². The van der Waals surface area contributed by atoms with Crippen molar-refractivity contribution >= 4 is 27.7 Å². The molecule has 2 heterocycles. The average Bonchev–Trinajstić information content (AvgIpc) is 2.62. The SMILES string of the molecule is CNc1ncc(Br)cc1C(=O)N1CCCC(C)CC1. The van der Waals surface area contributed by atoms with Crippen LogP contribution in [0.4, 0.5) is 5.82 Å². The summed E-state index contributed by atoms with van der Waals surface area (Å²) >= 11 is 3.38. The first kappa shape index (κ1) is 14.3. The first-order valence-corrected chi connectivity index (χ1v) is 7.53. The molecular formula is C14H20BrN3O. The quantitative estimate of drug-likeness (QED) is 0.908. The van der Waals surface area contributed by atoms with Gasteiger partial charge in [0, 0.05) is 30.8 Å². The molecule has 4 nitrogen and oxygen atoms in total.